The summed E-state index contributed by atoms with van der Waals surface area (Å²) in [4.78, 5) is 12.0. The zero-order chi connectivity index (χ0) is 14.6. The minimum absolute atomic E-state index is 0.161. The van der Waals surface area contributed by atoms with Crippen molar-refractivity contribution in [3.63, 3.8) is 0 Å². The summed E-state index contributed by atoms with van der Waals surface area (Å²) >= 11 is 0. The first kappa shape index (κ1) is 15.1. The summed E-state index contributed by atoms with van der Waals surface area (Å²) in [6.45, 7) is 6.63. The lowest BCUT2D eigenvalue weighted by Gasteiger charge is -2.23. The molecule has 0 aromatic carbocycles. The summed E-state index contributed by atoms with van der Waals surface area (Å²) in [7, 11) is 0. The highest BCUT2D eigenvalue weighted by Gasteiger charge is 2.20. The Bertz CT molecular complexity index is 441. The zero-order valence-electron chi connectivity index (χ0n) is 12.4. The molecule has 5 nitrogen and oxygen atoms in total. The lowest BCUT2D eigenvalue weighted by molar-refractivity contribution is -0.169. The second-order valence-electron chi connectivity index (χ2n) is 5.96. The standard InChI is InChI=1S/C15H23NO4/c1-15(2,3)20-14(17)16-9-6-7-12(16)11-19-13-8-4-5-10-18-13/h6-7,9,13H,4-5,8,10-11H2,1-3H3. The van der Waals surface area contributed by atoms with Gasteiger partial charge in [-0.05, 0) is 52.2 Å². The number of ether oxygens (including phenoxy) is 3. The SMILES string of the molecule is CC(C)(C)OC(=O)n1cccc1COC1CCCCO1. The second-order valence-corrected chi connectivity index (χ2v) is 5.96. The van der Waals surface area contributed by atoms with E-state index >= 15 is 0 Å². The van der Waals surface area contributed by atoms with Gasteiger partial charge in [0.1, 0.15) is 5.60 Å². The largest absolute Gasteiger partial charge is 0.443 e. The number of carbonyl (C=O) groups excluding carboxylic acids is 1. The molecule has 20 heavy (non-hydrogen) atoms. The van der Waals surface area contributed by atoms with Gasteiger partial charge in [0, 0.05) is 12.8 Å². The molecule has 0 saturated carbocycles. The number of hydrogen-bond donors (Lipinski definition) is 0. The van der Waals surface area contributed by atoms with Crippen molar-refractivity contribution in [3.8, 4) is 0 Å². The maximum absolute atomic E-state index is 12.0. The third-order valence-electron chi connectivity index (χ3n) is 2.98. The fourth-order valence-corrected chi connectivity index (χ4v) is 2.04. The van der Waals surface area contributed by atoms with Gasteiger partial charge in [-0.15, -0.1) is 0 Å². The summed E-state index contributed by atoms with van der Waals surface area (Å²) < 4.78 is 18.0. The fraction of sp³-hybridized carbons (Fsp3) is 0.667. The molecule has 0 radical (unpaired) electrons. The van der Waals surface area contributed by atoms with Crippen LogP contribution in [0.15, 0.2) is 18.3 Å². The number of aromatic nitrogens is 1. The van der Waals surface area contributed by atoms with E-state index in [9.17, 15) is 4.79 Å². The normalized spacial score (nSPS) is 19.9. The van der Waals surface area contributed by atoms with Crippen LogP contribution in [0.2, 0.25) is 0 Å². The molecule has 1 aromatic rings. The van der Waals surface area contributed by atoms with E-state index in [4.69, 9.17) is 14.2 Å². The van der Waals surface area contributed by atoms with Crippen LogP contribution in [0, 0.1) is 0 Å². The van der Waals surface area contributed by atoms with E-state index < -0.39 is 5.60 Å². The first-order valence-corrected chi connectivity index (χ1v) is 7.08. The van der Waals surface area contributed by atoms with Gasteiger partial charge in [0.15, 0.2) is 6.29 Å². The van der Waals surface area contributed by atoms with Crippen molar-refractivity contribution >= 4 is 6.09 Å². The Balaban J connectivity index is 1.92. The Kier molecular flexibility index (Phi) is 4.83. The van der Waals surface area contributed by atoms with Crippen LogP contribution in [0.1, 0.15) is 45.7 Å². The molecule has 0 bridgehead atoms. The van der Waals surface area contributed by atoms with Crippen molar-refractivity contribution in [2.24, 2.45) is 0 Å². The highest BCUT2D eigenvalue weighted by atomic mass is 16.7. The molecular weight excluding hydrogens is 258 g/mol. The van der Waals surface area contributed by atoms with Crippen molar-refractivity contribution in [2.45, 2.75) is 58.5 Å². The molecule has 1 atom stereocenters. The van der Waals surface area contributed by atoms with Crippen molar-refractivity contribution in [2.75, 3.05) is 6.61 Å². The van der Waals surface area contributed by atoms with Crippen LogP contribution in [0.4, 0.5) is 4.79 Å². The van der Waals surface area contributed by atoms with Crippen LogP contribution >= 0.6 is 0 Å². The Hall–Kier alpha value is -1.33. The number of hydrogen-bond acceptors (Lipinski definition) is 4. The van der Waals surface area contributed by atoms with Crippen LogP contribution < -0.4 is 0 Å². The molecular formula is C15H23NO4. The van der Waals surface area contributed by atoms with Crippen molar-refractivity contribution < 1.29 is 19.0 Å². The topological polar surface area (TPSA) is 49.7 Å². The summed E-state index contributed by atoms with van der Waals surface area (Å²) in [6, 6.07) is 3.66. The predicted octanol–water partition coefficient (Wildman–Crippen LogP) is 3.31. The molecule has 1 saturated heterocycles. The number of carbonyl (C=O) groups is 1. The monoisotopic (exact) mass is 281 g/mol. The summed E-state index contributed by atoms with van der Waals surface area (Å²) in [5, 5.41) is 0. The number of rotatable bonds is 3. The third-order valence-corrected chi connectivity index (χ3v) is 2.98. The van der Waals surface area contributed by atoms with Crippen LogP contribution in [0.5, 0.6) is 0 Å². The van der Waals surface area contributed by atoms with Gasteiger partial charge in [0.05, 0.1) is 12.3 Å². The van der Waals surface area contributed by atoms with Gasteiger partial charge in [-0.3, -0.25) is 4.57 Å². The zero-order valence-corrected chi connectivity index (χ0v) is 12.4. The van der Waals surface area contributed by atoms with E-state index in [0.717, 1.165) is 31.6 Å². The first-order valence-electron chi connectivity index (χ1n) is 7.08. The van der Waals surface area contributed by atoms with Gasteiger partial charge in [-0.25, -0.2) is 4.79 Å². The molecule has 0 aliphatic carbocycles. The molecule has 0 spiro atoms. The van der Waals surface area contributed by atoms with Crippen LogP contribution in [0.25, 0.3) is 0 Å². The lowest BCUT2D eigenvalue weighted by Crippen LogP contribution is -2.28. The highest BCUT2D eigenvalue weighted by molar-refractivity contribution is 5.72. The molecule has 112 valence electrons. The van der Waals surface area contributed by atoms with E-state index in [-0.39, 0.29) is 12.4 Å². The van der Waals surface area contributed by atoms with E-state index in [1.54, 1.807) is 6.20 Å². The minimum Gasteiger partial charge on any atom is -0.443 e. The molecule has 2 heterocycles. The van der Waals surface area contributed by atoms with Gasteiger partial charge < -0.3 is 14.2 Å². The van der Waals surface area contributed by atoms with E-state index in [2.05, 4.69) is 0 Å². The van der Waals surface area contributed by atoms with Gasteiger partial charge in [0.2, 0.25) is 0 Å². The number of nitrogens with zero attached hydrogens (tertiary/aromatic N) is 1. The van der Waals surface area contributed by atoms with Crippen molar-refractivity contribution in [1.29, 1.82) is 0 Å². The van der Waals surface area contributed by atoms with Gasteiger partial charge in [0.25, 0.3) is 0 Å². The minimum atomic E-state index is -0.508. The maximum atomic E-state index is 12.0. The average molecular weight is 281 g/mol. The van der Waals surface area contributed by atoms with Crippen LogP contribution in [-0.2, 0) is 20.8 Å². The molecule has 5 heteroatoms. The lowest BCUT2D eigenvalue weighted by atomic mass is 10.2. The van der Waals surface area contributed by atoms with E-state index in [1.165, 1.54) is 4.57 Å². The van der Waals surface area contributed by atoms with Crippen molar-refractivity contribution in [1.82, 2.24) is 4.57 Å². The van der Waals surface area contributed by atoms with Gasteiger partial charge >= 0.3 is 6.09 Å². The third kappa shape index (κ3) is 4.35. The maximum Gasteiger partial charge on any atom is 0.418 e. The average Bonchev–Trinajstić information content (AvgIpc) is 2.84. The Labute approximate surface area is 119 Å². The molecule has 1 aromatic heterocycles. The van der Waals surface area contributed by atoms with E-state index in [1.807, 2.05) is 32.9 Å². The molecule has 1 unspecified atom stereocenters. The summed E-state index contributed by atoms with van der Waals surface area (Å²) in [6.07, 6.45) is 4.27. The quantitative estimate of drug-likeness (QED) is 0.853. The van der Waals surface area contributed by atoms with Gasteiger partial charge in [-0.2, -0.15) is 0 Å². The summed E-state index contributed by atoms with van der Waals surface area (Å²) in [5.74, 6) is 0. The molecule has 1 aliphatic rings. The van der Waals surface area contributed by atoms with E-state index in [0.29, 0.717) is 6.61 Å². The predicted molar refractivity (Wildman–Crippen MR) is 74.4 cm³/mol. The van der Waals surface area contributed by atoms with Crippen molar-refractivity contribution in [3.05, 3.63) is 24.0 Å². The molecule has 1 fully saturated rings. The Morgan fingerprint density at radius 1 is 1.45 bits per heavy atom. The van der Waals surface area contributed by atoms with Crippen LogP contribution in [0.3, 0.4) is 0 Å². The smallest absolute Gasteiger partial charge is 0.418 e. The fourth-order valence-electron chi connectivity index (χ4n) is 2.04. The van der Waals surface area contributed by atoms with Gasteiger partial charge in [-0.1, -0.05) is 0 Å². The Morgan fingerprint density at radius 3 is 2.90 bits per heavy atom. The van der Waals surface area contributed by atoms with Crippen LogP contribution in [-0.4, -0.2) is 29.2 Å². The highest BCUT2D eigenvalue weighted by Crippen LogP contribution is 2.17. The first-order chi connectivity index (χ1) is 9.46. The second kappa shape index (κ2) is 6.41. The Morgan fingerprint density at radius 2 is 2.25 bits per heavy atom. The molecule has 0 N–H and O–H groups in total. The molecule has 2 rings (SSSR count). The molecule has 0 amide bonds. The summed E-state index contributed by atoms with van der Waals surface area (Å²) in [5.41, 5.74) is 0.264. The molecule has 1 aliphatic heterocycles.